The standard InChI is InChI=1S/C16H20O4Se/c1-15(2)5-9(17)13-11(7-15)20-12-8-16(3,4)6-10(18)14(12)21(13)19/h5-8H2,1-4H3. The minimum atomic E-state index is -2.76. The molecule has 114 valence electrons. The molecule has 1 aliphatic heterocycles. The van der Waals surface area contributed by atoms with Gasteiger partial charge in [0, 0.05) is 0 Å². The van der Waals surface area contributed by atoms with Gasteiger partial charge in [0.2, 0.25) is 0 Å². The summed E-state index contributed by atoms with van der Waals surface area (Å²) in [5.74, 6) is 0.900. The van der Waals surface area contributed by atoms with Crippen molar-refractivity contribution < 1.29 is 18.2 Å². The molecule has 0 saturated carbocycles. The first-order valence-electron chi connectivity index (χ1n) is 7.22. The number of hydrogen-bond donors (Lipinski definition) is 0. The van der Waals surface area contributed by atoms with E-state index in [0.717, 1.165) is 0 Å². The van der Waals surface area contributed by atoms with Gasteiger partial charge in [-0.1, -0.05) is 0 Å². The van der Waals surface area contributed by atoms with E-state index in [4.69, 9.17) is 4.74 Å². The first kappa shape index (κ1) is 14.9. The molecule has 4 nitrogen and oxygen atoms in total. The molecule has 0 radical (unpaired) electrons. The van der Waals surface area contributed by atoms with Gasteiger partial charge in [-0.05, 0) is 0 Å². The summed E-state index contributed by atoms with van der Waals surface area (Å²) in [7, 11) is 0. The molecule has 0 fully saturated rings. The van der Waals surface area contributed by atoms with Crippen LogP contribution in [0.3, 0.4) is 0 Å². The molecule has 21 heavy (non-hydrogen) atoms. The van der Waals surface area contributed by atoms with Gasteiger partial charge in [0.15, 0.2) is 0 Å². The van der Waals surface area contributed by atoms with Crippen LogP contribution in [0.5, 0.6) is 0 Å². The van der Waals surface area contributed by atoms with Crippen LogP contribution in [0.4, 0.5) is 0 Å². The summed E-state index contributed by atoms with van der Waals surface area (Å²) < 4.78 is 19.4. The molecule has 0 saturated heterocycles. The Morgan fingerprint density at radius 1 is 0.810 bits per heavy atom. The van der Waals surface area contributed by atoms with Gasteiger partial charge >= 0.3 is 128 Å². The minimum absolute atomic E-state index is 0.106. The van der Waals surface area contributed by atoms with Crippen LogP contribution in [-0.4, -0.2) is 25.4 Å². The fraction of sp³-hybridized carbons (Fsp3) is 0.625. The Labute approximate surface area is 128 Å². The van der Waals surface area contributed by atoms with Gasteiger partial charge in [-0.25, -0.2) is 0 Å². The average molecular weight is 355 g/mol. The van der Waals surface area contributed by atoms with Gasteiger partial charge in [0.25, 0.3) is 0 Å². The van der Waals surface area contributed by atoms with E-state index in [1.54, 1.807) is 0 Å². The number of allylic oxidation sites excluding steroid dienone is 4. The van der Waals surface area contributed by atoms with E-state index in [1.807, 2.05) is 27.7 Å². The van der Waals surface area contributed by atoms with Crippen molar-refractivity contribution in [2.45, 2.75) is 53.4 Å². The maximum absolute atomic E-state index is 12.8. The van der Waals surface area contributed by atoms with Crippen LogP contribution >= 0.6 is 0 Å². The van der Waals surface area contributed by atoms with Crippen LogP contribution in [0.15, 0.2) is 20.5 Å². The fourth-order valence-corrected chi connectivity index (χ4v) is 6.27. The number of carbonyl (C=O) groups is 2. The maximum atomic E-state index is 12.8. The molecule has 5 heteroatoms. The van der Waals surface area contributed by atoms with Crippen molar-refractivity contribution >= 4 is 25.4 Å². The van der Waals surface area contributed by atoms with Gasteiger partial charge in [-0.2, -0.15) is 0 Å². The second-order valence-corrected chi connectivity index (χ2v) is 10.6. The van der Waals surface area contributed by atoms with Crippen LogP contribution in [0.2, 0.25) is 0 Å². The monoisotopic (exact) mass is 356 g/mol. The normalized spacial score (nSPS) is 28.2. The Balaban J connectivity index is 2.05. The van der Waals surface area contributed by atoms with E-state index in [-0.39, 0.29) is 22.4 Å². The van der Waals surface area contributed by atoms with Crippen molar-refractivity contribution in [3.8, 4) is 0 Å². The number of ether oxygens (including phenoxy) is 1. The number of carbonyl (C=O) groups excluding carboxylic acids is 2. The third-order valence-corrected chi connectivity index (χ3v) is 7.65. The van der Waals surface area contributed by atoms with Crippen molar-refractivity contribution in [1.29, 1.82) is 0 Å². The molecule has 0 aromatic carbocycles. The van der Waals surface area contributed by atoms with Gasteiger partial charge in [-0.15, -0.1) is 0 Å². The SMILES string of the molecule is CC1(C)CC(=O)C2=C(C1)OC1=C(C(=O)CC(C)(C)C1)[Se]2=O. The van der Waals surface area contributed by atoms with Crippen molar-refractivity contribution in [1.82, 2.24) is 0 Å². The Morgan fingerprint density at radius 3 is 1.57 bits per heavy atom. The van der Waals surface area contributed by atoms with Crippen molar-refractivity contribution in [2.24, 2.45) is 10.8 Å². The average Bonchev–Trinajstić information content (AvgIpc) is 2.22. The first-order valence-corrected chi connectivity index (χ1v) is 9.63. The Bertz CT molecular complexity index is 595. The second kappa shape index (κ2) is 4.47. The number of rotatable bonds is 0. The molecule has 0 spiro atoms. The predicted octanol–water partition coefficient (Wildman–Crippen LogP) is 2.80. The summed E-state index contributed by atoms with van der Waals surface area (Å²) in [6.07, 6.45) is 1.98. The Kier molecular flexibility index (Phi) is 3.16. The van der Waals surface area contributed by atoms with Crippen LogP contribution in [0.1, 0.15) is 53.4 Å². The second-order valence-electron chi connectivity index (χ2n) is 7.76. The van der Waals surface area contributed by atoms with E-state index in [1.165, 1.54) is 0 Å². The molecule has 0 bridgehead atoms. The molecule has 0 N–H and O–H groups in total. The van der Waals surface area contributed by atoms with E-state index >= 15 is 0 Å². The topological polar surface area (TPSA) is 60.4 Å². The van der Waals surface area contributed by atoms with Crippen molar-refractivity contribution in [2.75, 3.05) is 0 Å². The summed E-state index contributed by atoms with van der Waals surface area (Å²) >= 11 is -2.76. The van der Waals surface area contributed by atoms with Gasteiger partial charge in [0.05, 0.1) is 0 Å². The first-order chi connectivity index (χ1) is 9.60. The number of ketones is 2. The number of Topliss-reactive ketones (excluding diaryl/α,β-unsaturated/α-hetero) is 2. The van der Waals surface area contributed by atoms with E-state index < -0.39 is 13.8 Å². The van der Waals surface area contributed by atoms with Crippen molar-refractivity contribution in [3.05, 3.63) is 20.5 Å². The molecule has 3 aliphatic rings. The molecule has 2 aliphatic carbocycles. The quantitative estimate of drug-likeness (QED) is 0.627. The summed E-state index contributed by atoms with van der Waals surface area (Å²) in [6.45, 7) is 8.05. The van der Waals surface area contributed by atoms with Crippen LogP contribution in [-0.2, 0) is 18.2 Å². The Hall–Kier alpha value is -1.06. The zero-order chi connectivity index (χ0) is 15.6. The summed E-state index contributed by atoms with van der Waals surface area (Å²) in [4.78, 5) is 24.6. The van der Waals surface area contributed by atoms with Gasteiger partial charge < -0.3 is 0 Å². The van der Waals surface area contributed by atoms with Crippen LogP contribution < -0.4 is 0 Å². The van der Waals surface area contributed by atoms with E-state index in [2.05, 4.69) is 0 Å². The number of hydrogen-bond acceptors (Lipinski definition) is 4. The third-order valence-electron chi connectivity index (χ3n) is 4.19. The molecule has 0 unspecified atom stereocenters. The van der Waals surface area contributed by atoms with E-state index in [0.29, 0.717) is 46.1 Å². The Morgan fingerprint density at radius 2 is 1.19 bits per heavy atom. The molecule has 0 aromatic rings. The molecule has 1 heterocycles. The van der Waals surface area contributed by atoms with Crippen molar-refractivity contribution in [3.63, 3.8) is 0 Å². The van der Waals surface area contributed by atoms with Crippen LogP contribution in [0.25, 0.3) is 0 Å². The zero-order valence-electron chi connectivity index (χ0n) is 12.9. The zero-order valence-corrected chi connectivity index (χ0v) is 14.6. The van der Waals surface area contributed by atoms with Crippen LogP contribution in [0, 0.1) is 10.8 Å². The van der Waals surface area contributed by atoms with Gasteiger partial charge in [-0.3, -0.25) is 0 Å². The summed E-state index contributed by atoms with van der Waals surface area (Å²) in [6, 6.07) is 0. The summed E-state index contributed by atoms with van der Waals surface area (Å²) in [5, 5.41) is 0. The molecule has 0 aromatic heterocycles. The van der Waals surface area contributed by atoms with Gasteiger partial charge in [0.1, 0.15) is 0 Å². The molecular weight excluding hydrogens is 335 g/mol. The molecule has 0 amide bonds. The molecule has 3 rings (SSSR count). The summed E-state index contributed by atoms with van der Waals surface area (Å²) in [5.41, 5.74) is -0.345. The predicted molar refractivity (Wildman–Crippen MR) is 77.6 cm³/mol. The molecular formula is C16H20O4Se. The molecule has 0 atom stereocenters. The van der Waals surface area contributed by atoms with E-state index in [9.17, 15) is 13.4 Å². The third kappa shape index (κ3) is 2.47. The fourth-order valence-electron chi connectivity index (χ4n) is 3.32.